The van der Waals surface area contributed by atoms with Crippen LogP contribution in [0.1, 0.15) is 11.1 Å². The minimum absolute atomic E-state index is 0.633. The number of rotatable bonds is 1. The maximum absolute atomic E-state index is 9.99. The maximum atomic E-state index is 9.99. The fraction of sp³-hybridized carbons (Fsp3) is 0.400. The van der Waals surface area contributed by atoms with E-state index in [2.05, 4.69) is 5.32 Å². The fourth-order valence-corrected chi connectivity index (χ4v) is 1.62. The van der Waals surface area contributed by atoms with Crippen LogP contribution in [0.3, 0.4) is 0 Å². The van der Waals surface area contributed by atoms with Gasteiger partial charge in [0, 0.05) is 18.1 Å². The lowest BCUT2D eigenvalue weighted by molar-refractivity contribution is -0.0147. The summed E-state index contributed by atoms with van der Waals surface area (Å²) in [6.07, 6.45) is 0. The molecular weight excluding hydrogens is 186 g/mol. The molecule has 0 bridgehead atoms. The number of aryl methyl sites for hydroxylation is 1. The molecule has 0 atom stereocenters. The first kappa shape index (κ1) is 9.00. The average molecular weight is 198 g/mol. The summed E-state index contributed by atoms with van der Waals surface area (Å²) in [5.74, 6) is 0. The molecule has 1 aliphatic rings. The molecule has 2 rings (SSSR count). The van der Waals surface area contributed by atoms with Gasteiger partial charge in [-0.1, -0.05) is 23.7 Å². The summed E-state index contributed by atoms with van der Waals surface area (Å²) in [5, 5.41) is 13.8. The molecule has 70 valence electrons. The Bertz CT molecular complexity index is 334. The standard InChI is InChI=1S/C10H12ClNO/c1-7-4-8(2-3-9(7)11)10(13)5-12-6-10/h2-4,12-13H,5-6H2,1H3. The van der Waals surface area contributed by atoms with Crippen molar-refractivity contribution < 1.29 is 5.11 Å². The first-order chi connectivity index (χ1) is 6.12. The number of benzene rings is 1. The Morgan fingerprint density at radius 1 is 1.46 bits per heavy atom. The number of nitrogens with one attached hydrogen (secondary N) is 1. The van der Waals surface area contributed by atoms with Gasteiger partial charge in [-0.05, 0) is 24.1 Å². The van der Waals surface area contributed by atoms with E-state index in [9.17, 15) is 5.11 Å². The van der Waals surface area contributed by atoms with E-state index in [-0.39, 0.29) is 0 Å². The first-order valence-corrected chi connectivity index (χ1v) is 4.69. The zero-order valence-electron chi connectivity index (χ0n) is 7.47. The van der Waals surface area contributed by atoms with E-state index in [4.69, 9.17) is 11.6 Å². The van der Waals surface area contributed by atoms with Crippen LogP contribution in [0, 0.1) is 6.92 Å². The summed E-state index contributed by atoms with van der Waals surface area (Å²) in [4.78, 5) is 0. The molecular formula is C10H12ClNO. The number of hydrogen-bond donors (Lipinski definition) is 2. The van der Waals surface area contributed by atoms with Gasteiger partial charge in [0.05, 0.1) is 0 Å². The molecule has 1 heterocycles. The van der Waals surface area contributed by atoms with Crippen molar-refractivity contribution >= 4 is 11.6 Å². The van der Waals surface area contributed by atoms with Crippen molar-refractivity contribution in [2.45, 2.75) is 12.5 Å². The smallest absolute Gasteiger partial charge is 0.114 e. The van der Waals surface area contributed by atoms with Crippen LogP contribution in [0.5, 0.6) is 0 Å². The Morgan fingerprint density at radius 2 is 2.15 bits per heavy atom. The molecule has 2 nitrogen and oxygen atoms in total. The third-order valence-corrected chi connectivity index (χ3v) is 2.95. The van der Waals surface area contributed by atoms with Gasteiger partial charge in [0.2, 0.25) is 0 Å². The summed E-state index contributed by atoms with van der Waals surface area (Å²) in [6, 6.07) is 5.67. The van der Waals surface area contributed by atoms with E-state index in [0.717, 1.165) is 16.1 Å². The van der Waals surface area contributed by atoms with Crippen molar-refractivity contribution in [1.82, 2.24) is 5.32 Å². The predicted molar refractivity (Wildman–Crippen MR) is 53.0 cm³/mol. The highest BCUT2D eigenvalue weighted by Crippen LogP contribution is 2.28. The fourth-order valence-electron chi connectivity index (χ4n) is 1.50. The van der Waals surface area contributed by atoms with Gasteiger partial charge in [0.1, 0.15) is 5.60 Å². The third kappa shape index (κ3) is 1.46. The number of β-amino-alcohol motifs (C(OH)–C–C–N with tert-alkyl or cyclic N) is 1. The van der Waals surface area contributed by atoms with Crippen molar-refractivity contribution in [3.8, 4) is 0 Å². The average Bonchev–Trinajstić information content (AvgIpc) is 2.06. The van der Waals surface area contributed by atoms with Crippen LogP contribution in [-0.2, 0) is 5.60 Å². The van der Waals surface area contributed by atoms with Crippen LogP contribution in [0.15, 0.2) is 18.2 Å². The number of hydrogen-bond acceptors (Lipinski definition) is 2. The summed E-state index contributed by atoms with van der Waals surface area (Å²) >= 11 is 5.89. The molecule has 0 aliphatic carbocycles. The Balaban J connectivity index is 2.36. The second-order valence-electron chi connectivity index (χ2n) is 3.60. The molecule has 0 unspecified atom stereocenters. The molecule has 0 aromatic heterocycles. The monoisotopic (exact) mass is 197 g/mol. The van der Waals surface area contributed by atoms with E-state index in [1.165, 1.54) is 0 Å². The van der Waals surface area contributed by atoms with Gasteiger partial charge in [-0.2, -0.15) is 0 Å². The Morgan fingerprint density at radius 3 is 2.62 bits per heavy atom. The van der Waals surface area contributed by atoms with Gasteiger partial charge in [0.15, 0.2) is 0 Å². The Labute approximate surface area is 82.5 Å². The van der Waals surface area contributed by atoms with Gasteiger partial charge >= 0.3 is 0 Å². The zero-order valence-corrected chi connectivity index (χ0v) is 8.23. The molecule has 2 N–H and O–H groups in total. The topological polar surface area (TPSA) is 32.3 Å². The van der Waals surface area contributed by atoms with Crippen LogP contribution in [0.4, 0.5) is 0 Å². The largest absolute Gasteiger partial charge is 0.382 e. The van der Waals surface area contributed by atoms with Crippen molar-refractivity contribution in [1.29, 1.82) is 0 Å². The second-order valence-corrected chi connectivity index (χ2v) is 4.01. The van der Waals surface area contributed by atoms with Gasteiger partial charge in [-0.25, -0.2) is 0 Å². The lowest BCUT2D eigenvalue weighted by atomic mass is 9.87. The molecule has 3 heteroatoms. The van der Waals surface area contributed by atoms with Crippen LogP contribution >= 0.6 is 11.6 Å². The van der Waals surface area contributed by atoms with Crippen molar-refractivity contribution in [2.75, 3.05) is 13.1 Å². The molecule has 1 aliphatic heterocycles. The second kappa shape index (κ2) is 2.98. The minimum atomic E-state index is -0.671. The normalized spacial score (nSPS) is 19.6. The molecule has 0 spiro atoms. The van der Waals surface area contributed by atoms with Gasteiger partial charge in [-0.3, -0.25) is 0 Å². The van der Waals surface area contributed by atoms with E-state index in [1.807, 2.05) is 25.1 Å². The first-order valence-electron chi connectivity index (χ1n) is 4.31. The summed E-state index contributed by atoms with van der Waals surface area (Å²) in [7, 11) is 0. The predicted octanol–water partition coefficient (Wildman–Crippen LogP) is 1.44. The summed E-state index contributed by atoms with van der Waals surface area (Å²) in [6.45, 7) is 3.21. The summed E-state index contributed by atoms with van der Waals surface area (Å²) < 4.78 is 0. The number of halogens is 1. The van der Waals surface area contributed by atoms with Crippen molar-refractivity contribution in [2.24, 2.45) is 0 Å². The molecule has 13 heavy (non-hydrogen) atoms. The Kier molecular flexibility index (Phi) is 2.06. The van der Waals surface area contributed by atoms with Crippen LogP contribution in [0.2, 0.25) is 5.02 Å². The van der Waals surface area contributed by atoms with Crippen molar-refractivity contribution in [3.05, 3.63) is 34.3 Å². The van der Waals surface area contributed by atoms with E-state index in [1.54, 1.807) is 0 Å². The van der Waals surface area contributed by atoms with E-state index < -0.39 is 5.60 Å². The van der Waals surface area contributed by atoms with Gasteiger partial charge in [0.25, 0.3) is 0 Å². The molecule has 1 aromatic rings. The highest BCUT2D eigenvalue weighted by molar-refractivity contribution is 6.31. The molecule has 0 amide bonds. The quantitative estimate of drug-likeness (QED) is 0.714. The molecule has 1 aromatic carbocycles. The van der Waals surface area contributed by atoms with E-state index >= 15 is 0 Å². The van der Waals surface area contributed by atoms with Gasteiger partial charge < -0.3 is 10.4 Å². The highest BCUT2D eigenvalue weighted by Gasteiger charge is 2.36. The molecule has 0 radical (unpaired) electrons. The SMILES string of the molecule is Cc1cc(C2(O)CNC2)ccc1Cl. The van der Waals surface area contributed by atoms with E-state index in [0.29, 0.717) is 13.1 Å². The maximum Gasteiger partial charge on any atom is 0.114 e. The zero-order chi connectivity index (χ0) is 9.47. The number of aliphatic hydroxyl groups is 1. The molecule has 1 saturated heterocycles. The van der Waals surface area contributed by atoms with Crippen LogP contribution in [-0.4, -0.2) is 18.2 Å². The third-order valence-electron chi connectivity index (χ3n) is 2.53. The highest BCUT2D eigenvalue weighted by atomic mass is 35.5. The lowest BCUT2D eigenvalue weighted by Gasteiger charge is -2.38. The lowest BCUT2D eigenvalue weighted by Crippen LogP contribution is -2.56. The van der Waals surface area contributed by atoms with Crippen molar-refractivity contribution in [3.63, 3.8) is 0 Å². The minimum Gasteiger partial charge on any atom is -0.382 e. The van der Waals surface area contributed by atoms with Crippen LogP contribution in [0.25, 0.3) is 0 Å². The van der Waals surface area contributed by atoms with Crippen LogP contribution < -0.4 is 5.32 Å². The summed E-state index contributed by atoms with van der Waals surface area (Å²) in [5.41, 5.74) is 1.29. The Hall–Kier alpha value is -0.570. The molecule has 1 fully saturated rings. The van der Waals surface area contributed by atoms with Gasteiger partial charge in [-0.15, -0.1) is 0 Å². The molecule has 0 saturated carbocycles.